The monoisotopic (exact) mass is 402 g/mol. The number of methoxy groups -OCH3 is 1. The summed E-state index contributed by atoms with van der Waals surface area (Å²) < 4.78 is 12.8. The Morgan fingerprint density at radius 3 is 2.67 bits per heavy atom. The number of imidazole rings is 1. The third-order valence-corrected chi connectivity index (χ3v) is 4.69. The minimum absolute atomic E-state index is 0.159. The van der Waals surface area contributed by atoms with Crippen LogP contribution in [0.15, 0.2) is 67.1 Å². The number of aryl methyl sites for hydroxylation is 1. The molecule has 0 radical (unpaired) electrons. The lowest BCUT2D eigenvalue weighted by Gasteiger charge is -2.08. The molecule has 7 nitrogen and oxygen atoms in total. The predicted molar refractivity (Wildman–Crippen MR) is 113 cm³/mol. The van der Waals surface area contributed by atoms with Crippen LogP contribution in [0.25, 0.3) is 5.65 Å². The van der Waals surface area contributed by atoms with Gasteiger partial charge in [-0.25, -0.2) is 9.97 Å². The quantitative estimate of drug-likeness (QED) is 0.511. The number of pyridine rings is 2. The fourth-order valence-corrected chi connectivity index (χ4v) is 3.05. The summed E-state index contributed by atoms with van der Waals surface area (Å²) in [6.07, 6.45) is 5.60. The number of amides is 1. The van der Waals surface area contributed by atoms with Crippen molar-refractivity contribution in [2.75, 3.05) is 7.11 Å². The second kappa shape index (κ2) is 8.65. The van der Waals surface area contributed by atoms with Gasteiger partial charge >= 0.3 is 0 Å². The van der Waals surface area contributed by atoms with Crippen LogP contribution in [-0.2, 0) is 13.2 Å². The molecular weight excluding hydrogens is 380 g/mol. The highest BCUT2D eigenvalue weighted by Gasteiger charge is 2.08. The molecule has 30 heavy (non-hydrogen) atoms. The van der Waals surface area contributed by atoms with E-state index in [9.17, 15) is 4.79 Å². The Kier molecular flexibility index (Phi) is 5.61. The number of nitrogens with one attached hydrogen (secondary N) is 1. The van der Waals surface area contributed by atoms with Crippen LogP contribution in [0.4, 0.5) is 0 Å². The van der Waals surface area contributed by atoms with E-state index in [0.29, 0.717) is 30.3 Å². The number of fused-ring (bicyclic) bond motifs is 1. The summed E-state index contributed by atoms with van der Waals surface area (Å²) in [6.45, 7) is 2.78. The molecular formula is C23H22N4O3. The van der Waals surface area contributed by atoms with Crippen molar-refractivity contribution in [2.45, 2.75) is 20.1 Å². The molecule has 1 amide bonds. The minimum atomic E-state index is -0.159. The van der Waals surface area contributed by atoms with Gasteiger partial charge < -0.3 is 19.2 Å². The molecule has 0 aliphatic carbocycles. The van der Waals surface area contributed by atoms with E-state index in [1.54, 1.807) is 43.6 Å². The zero-order valence-corrected chi connectivity index (χ0v) is 16.8. The Morgan fingerprint density at radius 1 is 1.13 bits per heavy atom. The van der Waals surface area contributed by atoms with Crippen LogP contribution in [0, 0.1) is 6.92 Å². The van der Waals surface area contributed by atoms with Crippen LogP contribution in [0.1, 0.15) is 27.2 Å². The van der Waals surface area contributed by atoms with Crippen molar-refractivity contribution in [1.82, 2.24) is 19.7 Å². The lowest BCUT2D eigenvalue weighted by atomic mass is 10.2. The molecule has 0 fully saturated rings. The Labute approximate surface area is 174 Å². The molecule has 0 aliphatic heterocycles. The molecule has 0 saturated heterocycles. The van der Waals surface area contributed by atoms with E-state index < -0.39 is 0 Å². The topological polar surface area (TPSA) is 77.8 Å². The van der Waals surface area contributed by atoms with Crippen molar-refractivity contribution >= 4 is 11.6 Å². The van der Waals surface area contributed by atoms with Gasteiger partial charge in [-0.05, 0) is 48.4 Å². The molecule has 152 valence electrons. The number of ether oxygens (including phenoxy) is 2. The largest absolute Gasteiger partial charge is 0.487 e. The number of nitrogens with zero attached hydrogens (tertiary/aromatic N) is 3. The number of hydrogen-bond acceptors (Lipinski definition) is 5. The Balaban J connectivity index is 1.32. The lowest BCUT2D eigenvalue weighted by Crippen LogP contribution is -2.22. The Hall–Kier alpha value is -3.87. The summed E-state index contributed by atoms with van der Waals surface area (Å²) in [5.74, 6) is 1.06. The van der Waals surface area contributed by atoms with Gasteiger partial charge in [0.1, 0.15) is 18.0 Å². The Morgan fingerprint density at radius 2 is 1.97 bits per heavy atom. The number of benzene rings is 1. The maximum Gasteiger partial charge on any atom is 0.251 e. The highest BCUT2D eigenvalue weighted by atomic mass is 16.5. The van der Waals surface area contributed by atoms with E-state index >= 15 is 0 Å². The van der Waals surface area contributed by atoms with Gasteiger partial charge in [0.2, 0.25) is 5.88 Å². The summed E-state index contributed by atoms with van der Waals surface area (Å²) in [6, 6.07) is 14.7. The number of hydrogen-bond donors (Lipinski definition) is 1. The average Bonchev–Trinajstić information content (AvgIpc) is 3.21. The zero-order chi connectivity index (χ0) is 20.9. The maximum atomic E-state index is 12.4. The summed E-state index contributed by atoms with van der Waals surface area (Å²) >= 11 is 0. The van der Waals surface area contributed by atoms with Crippen molar-refractivity contribution in [3.05, 3.63) is 89.5 Å². The van der Waals surface area contributed by atoms with Crippen LogP contribution in [0.5, 0.6) is 11.6 Å². The smallest absolute Gasteiger partial charge is 0.251 e. The molecule has 0 bridgehead atoms. The molecule has 0 unspecified atom stereocenters. The van der Waals surface area contributed by atoms with E-state index in [4.69, 9.17) is 9.47 Å². The number of aromatic nitrogens is 3. The standard InChI is InChI=1S/C23H22N4O3/c1-16-4-3-11-27-14-19(26-22(16)27)15-30-20-8-6-18(7-9-20)23(28)25-13-17-5-10-21(29-2)24-12-17/h3-12,14H,13,15H2,1-2H3,(H,25,28). The Bertz CT molecular complexity index is 1150. The van der Waals surface area contributed by atoms with Gasteiger partial charge in [-0.1, -0.05) is 12.1 Å². The molecule has 0 saturated carbocycles. The van der Waals surface area contributed by atoms with E-state index in [0.717, 1.165) is 22.5 Å². The zero-order valence-electron chi connectivity index (χ0n) is 16.8. The summed E-state index contributed by atoms with van der Waals surface area (Å²) in [5, 5.41) is 2.88. The lowest BCUT2D eigenvalue weighted by molar-refractivity contribution is 0.0951. The van der Waals surface area contributed by atoms with E-state index in [1.165, 1.54) is 0 Å². The first-order valence-electron chi connectivity index (χ1n) is 9.55. The van der Waals surface area contributed by atoms with E-state index in [1.807, 2.05) is 41.9 Å². The van der Waals surface area contributed by atoms with Gasteiger partial charge in [0.05, 0.1) is 12.8 Å². The fourth-order valence-electron chi connectivity index (χ4n) is 3.05. The van der Waals surface area contributed by atoms with Gasteiger partial charge in [-0.2, -0.15) is 0 Å². The third-order valence-electron chi connectivity index (χ3n) is 4.69. The highest BCUT2D eigenvalue weighted by Crippen LogP contribution is 2.16. The molecule has 3 aromatic heterocycles. The van der Waals surface area contributed by atoms with Crippen LogP contribution in [-0.4, -0.2) is 27.4 Å². The summed E-state index contributed by atoms with van der Waals surface area (Å²) in [7, 11) is 1.56. The molecule has 4 rings (SSSR count). The highest BCUT2D eigenvalue weighted by molar-refractivity contribution is 5.94. The molecule has 0 aliphatic rings. The number of rotatable bonds is 7. The second-order valence-corrected chi connectivity index (χ2v) is 6.86. The molecule has 7 heteroatoms. The van der Waals surface area contributed by atoms with Crippen molar-refractivity contribution in [2.24, 2.45) is 0 Å². The first-order chi connectivity index (χ1) is 14.6. The molecule has 4 aromatic rings. The average molecular weight is 402 g/mol. The van der Waals surface area contributed by atoms with Crippen molar-refractivity contribution in [3.8, 4) is 11.6 Å². The van der Waals surface area contributed by atoms with E-state index in [-0.39, 0.29) is 5.91 Å². The molecule has 0 atom stereocenters. The van der Waals surface area contributed by atoms with Gasteiger partial charge in [-0.15, -0.1) is 0 Å². The predicted octanol–water partition coefficient (Wildman–Crippen LogP) is 3.56. The third kappa shape index (κ3) is 4.41. The molecule has 1 N–H and O–H groups in total. The van der Waals surface area contributed by atoms with Crippen molar-refractivity contribution in [1.29, 1.82) is 0 Å². The van der Waals surface area contributed by atoms with Crippen LogP contribution >= 0.6 is 0 Å². The number of carbonyl (C=O) groups excluding carboxylic acids is 1. The summed E-state index contributed by atoms with van der Waals surface area (Å²) in [4.78, 5) is 21.1. The number of carbonyl (C=O) groups is 1. The van der Waals surface area contributed by atoms with Crippen LogP contribution < -0.4 is 14.8 Å². The van der Waals surface area contributed by atoms with Crippen molar-refractivity contribution < 1.29 is 14.3 Å². The first kappa shape index (κ1) is 19.4. The summed E-state index contributed by atoms with van der Waals surface area (Å²) in [5.41, 5.74) is 4.35. The normalized spacial score (nSPS) is 10.7. The van der Waals surface area contributed by atoms with Gasteiger partial charge in [0.15, 0.2) is 0 Å². The SMILES string of the molecule is COc1ccc(CNC(=O)c2ccc(OCc3cn4cccc(C)c4n3)cc2)cn1. The van der Waals surface area contributed by atoms with Crippen LogP contribution in [0.3, 0.4) is 0 Å². The minimum Gasteiger partial charge on any atom is -0.487 e. The van der Waals surface area contributed by atoms with Gasteiger partial charge in [0.25, 0.3) is 5.91 Å². The van der Waals surface area contributed by atoms with Crippen molar-refractivity contribution in [3.63, 3.8) is 0 Å². The molecule has 1 aromatic carbocycles. The maximum absolute atomic E-state index is 12.4. The molecule has 0 spiro atoms. The van der Waals surface area contributed by atoms with Gasteiger partial charge in [0, 0.05) is 36.8 Å². The molecule has 3 heterocycles. The first-order valence-corrected chi connectivity index (χ1v) is 9.55. The second-order valence-electron chi connectivity index (χ2n) is 6.86. The fraction of sp³-hybridized carbons (Fsp3) is 0.174. The van der Waals surface area contributed by atoms with Gasteiger partial charge in [-0.3, -0.25) is 4.79 Å². The van der Waals surface area contributed by atoms with E-state index in [2.05, 4.69) is 15.3 Å². The van der Waals surface area contributed by atoms with Crippen LogP contribution in [0.2, 0.25) is 0 Å².